The fourth-order valence-electron chi connectivity index (χ4n) is 2.45. The molecule has 0 radical (unpaired) electrons. The first-order valence-corrected chi connectivity index (χ1v) is 6.84. The maximum absolute atomic E-state index is 13.6. The maximum atomic E-state index is 13.6. The molecule has 1 aromatic rings. The molecule has 1 saturated heterocycles. The number of rotatable bonds is 3. The van der Waals surface area contributed by atoms with Crippen molar-refractivity contribution in [3.8, 4) is 0 Å². The molecule has 0 aromatic heterocycles. The van der Waals surface area contributed by atoms with Crippen molar-refractivity contribution in [1.82, 2.24) is 4.90 Å². The average Bonchev–Trinajstić information content (AvgIpc) is 2.71. The van der Waals surface area contributed by atoms with Crippen molar-refractivity contribution in [2.45, 2.75) is 27.2 Å². The average molecular weight is 277 g/mol. The number of nitrogens with zero attached hydrogens (tertiary/aromatic N) is 1. The zero-order valence-electron chi connectivity index (χ0n) is 12.1. The maximum Gasteiger partial charge on any atom is 0.223 e. The third kappa shape index (κ3) is 3.06. The number of halogens is 1. The lowest BCUT2D eigenvalue weighted by atomic mass is 9.80. The molecule has 1 heterocycles. The Balaban J connectivity index is 2.06. The molecule has 20 heavy (non-hydrogen) atoms. The van der Waals surface area contributed by atoms with E-state index in [9.17, 15) is 14.0 Å². The summed E-state index contributed by atoms with van der Waals surface area (Å²) in [6, 6.07) is 5.89. The fraction of sp³-hybridized carbons (Fsp3) is 0.500. The predicted octanol–water partition coefficient (Wildman–Crippen LogP) is 2.90. The van der Waals surface area contributed by atoms with E-state index in [0.717, 1.165) is 0 Å². The van der Waals surface area contributed by atoms with Gasteiger partial charge in [-0.1, -0.05) is 32.9 Å². The number of hydrogen-bond acceptors (Lipinski definition) is 2. The summed E-state index contributed by atoms with van der Waals surface area (Å²) in [5, 5.41) is 0. The van der Waals surface area contributed by atoms with Gasteiger partial charge in [0.25, 0.3) is 0 Å². The van der Waals surface area contributed by atoms with Gasteiger partial charge in [-0.15, -0.1) is 0 Å². The van der Waals surface area contributed by atoms with E-state index in [1.165, 1.54) is 12.1 Å². The van der Waals surface area contributed by atoms with E-state index < -0.39 is 5.82 Å². The molecule has 1 aliphatic rings. The minimum atomic E-state index is -0.531. The molecule has 0 N–H and O–H groups in total. The summed E-state index contributed by atoms with van der Waals surface area (Å²) in [6.07, 6.45) is 0.466. The van der Waals surface area contributed by atoms with Crippen LogP contribution >= 0.6 is 0 Å². The largest absolute Gasteiger partial charge is 0.335 e. The Labute approximate surface area is 118 Å². The van der Waals surface area contributed by atoms with Crippen LogP contribution in [0, 0.1) is 17.2 Å². The SMILES string of the molecule is CC(C)(C)C1CC(=O)N(CC(=O)c2ccccc2F)C1. The topological polar surface area (TPSA) is 37.4 Å². The molecule has 108 valence electrons. The van der Waals surface area contributed by atoms with Gasteiger partial charge < -0.3 is 4.90 Å². The summed E-state index contributed by atoms with van der Waals surface area (Å²) in [7, 11) is 0. The van der Waals surface area contributed by atoms with Gasteiger partial charge in [0, 0.05) is 13.0 Å². The summed E-state index contributed by atoms with van der Waals surface area (Å²) in [5.74, 6) is -0.652. The number of benzene rings is 1. The highest BCUT2D eigenvalue weighted by Gasteiger charge is 2.37. The molecule has 0 spiro atoms. The number of ketones is 1. The first kappa shape index (κ1) is 14.7. The molecule has 3 nitrogen and oxygen atoms in total. The molecule has 1 unspecified atom stereocenters. The molecular weight excluding hydrogens is 257 g/mol. The van der Waals surface area contributed by atoms with E-state index in [1.807, 2.05) is 0 Å². The monoisotopic (exact) mass is 277 g/mol. The van der Waals surface area contributed by atoms with E-state index in [-0.39, 0.29) is 35.1 Å². The van der Waals surface area contributed by atoms with Crippen LogP contribution in [0.2, 0.25) is 0 Å². The molecule has 1 atom stereocenters. The predicted molar refractivity (Wildman–Crippen MR) is 74.9 cm³/mol. The molecule has 2 rings (SSSR count). The van der Waals surface area contributed by atoms with Crippen molar-refractivity contribution in [2.24, 2.45) is 11.3 Å². The highest BCUT2D eigenvalue weighted by molar-refractivity contribution is 5.99. The van der Waals surface area contributed by atoms with Crippen molar-refractivity contribution in [3.63, 3.8) is 0 Å². The van der Waals surface area contributed by atoms with Crippen LogP contribution in [0.4, 0.5) is 4.39 Å². The zero-order chi connectivity index (χ0) is 14.9. The molecule has 0 aliphatic carbocycles. The highest BCUT2D eigenvalue weighted by atomic mass is 19.1. The number of carbonyl (C=O) groups excluding carboxylic acids is 2. The van der Waals surface area contributed by atoms with Gasteiger partial charge in [-0.2, -0.15) is 0 Å². The van der Waals surface area contributed by atoms with Crippen LogP contribution in [-0.4, -0.2) is 29.7 Å². The van der Waals surface area contributed by atoms with Crippen LogP contribution < -0.4 is 0 Å². The fourth-order valence-corrected chi connectivity index (χ4v) is 2.45. The minimum absolute atomic E-state index is 0.0189. The van der Waals surface area contributed by atoms with E-state index >= 15 is 0 Å². The van der Waals surface area contributed by atoms with Gasteiger partial charge in [0.1, 0.15) is 5.82 Å². The van der Waals surface area contributed by atoms with Crippen LogP contribution in [0.15, 0.2) is 24.3 Å². The number of carbonyl (C=O) groups is 2. The van der Waals surface area contributed by atoms with E-state index in [4.69, 9.17) is 0 Å². The third-order valence-corrected chi connectivity index (χ3v) is 3.95. The van der Waals surface area contributed by atoms with Crippen LogP contribution in [0.1, 0.15) is 37.6 Å². The van der Waals surface area contributed by atoms with Gasteiger partial charge in [-0.05, 0) is 23.5 Å². The number of Topliss-reactive ketones (excluding diaryl/α,β-unsaturated/α-hetero) is 1. The molecule has 1 aliphatic heterocycles. The van der Waals surface area contributed by atoms with Gasteiger partial charge in [0.05, 0.1) is 12.1 Å². The summed E-state index contributed by atoms with van der Waals surface area (Å²) in [5.41, 5.74) is 0.0883. The quantitative estimate of drug-likeness (QED) is 0.797. The van der Waals surface area contributed by atoms with Crippen molar-refractivity contribution in [1.29, 1.82) is 0 Å². The Bertz CT molecular complexity index is 534. The summed E-state index contributed by atoms with van der Waals surface area (Å²) < 4.78 is 13.6. The molecule has 0 bridgehead atoms. The molecular formula is C16H20FNO2. The number of hydrogen-bond donors (Lipinski definition) is 0. The Hall–Kier alpha value is -1.71. The van der Waals surface area contributed by atoms with E-state index in [1.54, 1.807) is 17.0 Å². The van der Waals surface area contributed by atoms with Gasteiger partial charge in [0.15, 0.2) is 5.78 Å². The standard InChI is InChI=1S/C16H20FNO2/c1-16(2,3)11-8-15(20)18(9-11)10-14(19)12-6-4-5-7-13(12)17/h4-7,11H,8-10H2,1-3H3. The summed E-state index contributed by atoms with van der Waals surface area (Å²) >= 11 is 0. The van der Waals surface area contributed by atoms with Gasteiger partial charge in [-0.3, -0.25) is 9.59 Å². The summed E-state index contributed by atoms with van der Waals surface area (Å²) in [6.45, 7) is 6.81. The molecule has 1 amide bonds. The second-order valence-corrected chi connectivity index (χ2v) is 6.44. The van der Waals surface area contributed by atoms with Crippen LogP contribution in [0.5, 0.6) is 0 Å². The lowest BCUT2D eigenvalue weighted by Crippen LogP contribution is -2.32. The molecule has 0 saturated carbocycles. The normalized spacial score (nSPS) is 19.5. The molecule has 1 aromatic carbocycles. The smallest absolute Gasteiger partial charge is 0.223 e. The minimum Gasteiger partial charge on any atom is -0.335 e. The van der Waals surface area contributed by atoms with E-state index in [2.05, 4.69) is 20.8 Å². The first-order chi connectivity index (χ1) is 9.29. The lowest BCUT2D eigenvalue weighted by molar-refractivity contribution is -0.127. The van der Waals surface area contributed by atoms with Gasteiger partial charge in [0.2, 0.25) is 5.91 Å². The first-order valence-electron chi connectivity index (χ1n) is 6.84. The Kier molecular flexibility index (Phi) is 3.93. The van der Waals surface area contributed by atoms with Gasteiger partial charge >= 0.3 is 0 Å². The molecule has 1 fully saturated rings. The van der Waals surface area contributed by atoms with Gasteiger partial charge in [-0.25, -0.2) is 4.39 Å². The van der Waals surface area contributed by atoms with Crippen molar-refractivity contribution >= 4 is 11.7 Å². The van der Waals surface area contributed by atoms with E-state index in [0.29, 0.717) is 13.0 Å². The van der Waals surface area contributed by atoms with Crippen molar-refractivity contribution < 1.29 is 14.0 Å². The Morgan fingerprint density at radius 3 is 2.55 bits per heavy atom. The van der Waals surface area contributed by atoms with Crippen LogP contribution in [0.25, 0.3) is 0 Å². The lowest BCUT2D eigenvalue weighted by Gasteiger charge is -2.26. The zero-order valence-corrected chi connectivity index (χ0v) is 12.1. The Morgan fingerprint density at radius 1 is 1.35 bits per heavy atom. The molecule has 4 heteroatoms. The van der Waals surface area contributed by atoms with Crippen LogP contribution in [-0.2, 0) is 4.79 Å². The third-order valence-electron chi connectivity index (χ3n) is 3.95. The summed E-state index contributed by atoms with van der Waals surface area (Å²) in [4.78, 5) is 25.6. The number of amides is 1. The van der Waals surface area contributed by atoms with Crippen molar-refractivity contribution in [3.05, 3.63) is 35.6 Å². The second kappa shape index (κ2) is 5.35. The van der Waals surface area contributed by atoms with Crippen molar-refractivity contribution in [2.75, 3.05) is 13.1 Å². The Morgan fingerprint density at radius 2 is 2.00 bits per heavy atom. The highest BCUT2D eigenvalue weighted by Crippen LogP contribution is 2.34. The van der Waals surface area contributed by atoms with Crippen LogP contribution in [0.3, 0.4) is 0 Å². The second-order valence-electron chi connectivity index (χ2n) is 6.44. The number of likely N-dealkylation sites (tertiary alicyclic amines) is 1.